The molecule has 1 aliphatic rings. The van der Waals surface area contributed by atoms with Crippen LogP contribution in [0.25, 0.3) is 0 Å². The average molecular weight is 362 g/mol. The van der Waals surface area contributed by atoms with Crippen LogP contribution < -0.4 is 14.8 Å². The third-order valence-electron chi connectivity index (χ3n) is 4.24. The molecule has 6 heteroatoms. The fourth-order valence-corrected chi connectivity index (χ4v) is 3.47. The molecule has 1 aromatic carbocycles. The first-order chi connectivity index (χ1) is 11.9. The molecular formula is C19H26N2O3S. The van der Waals surface area contributed by atoms with Crippen LogP contribution in [0.15, 0.2) is 29.5 Å². The van der Waals surface area contributed by atoms with Gasteiger partial charge in [-0.15, -0.1) is 0 Å². The Morgan fingerprint density at radius 1 is 1.32 bits per heavy atom. The van der Waals surface area contributed by atoms with Gasteiger partial charge >= 0.3 is 0 Å². The first kappa shape index (κ1) is 19.2. The number of hydrogen-bond acceptors (Lipinski definition) is 4. The molecule has 1 aromatic rings. The Hall–Kier alpha value is -2.08. The van der Waals surface area contributed by atoms with Gasteiger partial charge in [-0.1, -0.05) is 13.0 Å². The molecule has 0 saturated carbocycles. The van der Waals surface area contributed by atoms with Gasteiger partial charge in [0, 0.05) is 17.8 Å². The molecule has 0 aromatic heterocycles. The van der Waals surface area contributed by atoms with Crippen LogP contribution in [0.5, 0.6) is 11.5 Å². The molecule has 136 valence electrons. The molecule has 2 rings (SSSR count). The molecule has 25 heavy (non-hydrogen) atoms. The Morgan fingerprint density at radius 2 is 2.04 bits per heavy atom. The van der Waals surface area contributed by atoms with Gasteiger partial charge in [0.1, 0.15) is 0 Å². The molecule has 1 aliphatic heterocycles. The van der Waals surface area contributed by atoms with Crippen molar-refractivity contribution in [2.75, 3.05) is 20.3 Å². The van der Waals surface area contributed by atoms with Crippen LogP contribution in [0, 0.1) is 0 Å². The van der Waals surface area contributed by atoms with E-state index in [2.05, 4.69) is 12.2 Å². The number of ether oxygens (including phenoxy) is 2. The van der Waals surface area contributed by atoms with E-state index in [1.807, 2.05) is 36.9 Å². The van der Waals surface area contributed by atoms with E-state index in [4.69, 9.17) is 21.7 Å². The van der Waals surface area contributed by atoms with Crippen LogP contribution in [0.1, 0.15) is 45.7 Å². The van der Waals surface area contributed by atoms with Gasteiger partial charge in [0.15, 0.2) is 22.4 Å². The average Bonchev–Trinajstić information content (AvgIpc) is 2.58. The summed E-state index contributed by atoms with van der Waals surface area (Å²) in [6.45, 7) is 8.92. The van der Waals surface area contributed by atoms with Crippen molar-refractivity contribution >= 4 is 23.1 Å². The molecule has 0 amide bonds. The number of ketones is 1. The maximum Gasteiger partial charge on any atom is 0.173 e. The third-order valence-corrected chi connectivity index (χ3v) is 4.58. The lowest BCUT2D eigenvalue weighted by molar-refractivity contribution is -0.114. The zero-order valence-electron chi connectivity index (χ0n) is 15.5. The molecule has 5 nitrogen and oxygen atoms in total. The van der Waals surface area contributed by atoms with Crippen molar-refractivity contribution < 1.29 is 14.3 Å². The molecule has 0 spiro atoms. The molecule has 1 unspecified atom stereocenters. The number of hydrogen-bond donors (Lipinski definition) is 1. The number of carbonyl (C=O) groups excluding carboxylic acids is 1. The summed E-state index contributed by atoms with van der Waals surface area (Å²) >= 11 is 5.53. The lowest BCUT2D eigenvalue weighted by atomic mass is 9.92. The molecule has 1 N–H and O–H groups in total. The topological polar surface area (TPSA) is 50.8 Å². The van der Waals surface area contributed by atoms with E-state index < -0.39 is 0 Å². The number of allylic oxidation sites excluding steroid dienone is 1. The maximum absolute atomic E-state index is 12.3. The Balaban J connectivity index is 2.50. The number of Topliss-reactive ketones (excluding diaryl/α,β-unsaturated/α-hetero) is 1. The molecule has 0 aliphatic carbocycles. The predicted octanol–water partition coefficient (Wildman–Crippen LogP) is 3.60. The van der Waals surface area contributed by atoms with E-state index >= 15 is 0 Å². The molecule has 0 radical (unpaired) electrons. The van der Waals surface area contributed by atoms with Gasteiger partial charge in [-0.2, -0.15) is 0 Å². The van der Waals surface area contributed by atoms with Gasteiger partial charge < -0.3 is 19.7 Å². The Labute approximate surface area is 155 Å². The number of nitrogens with zero attached hydrogens (tertiary/aromatic N) is 1. The van der Waals surface area contributed by atoms with Crippen molar-refractivity contribution in [3.8, 4) is 11.5 Å². The summed E-state index contributed by atoms with van der Waals surface area (Å²) in [4.78, 5) is 14.3. The van der Waals surface area contributed by atoms with Crippen molar-refractivity contribution in [2.24, 2.45) is 0 Å². The van der Waals surface area contributed by atoms with Crippen molar-refractivity contribution in [3.63, 3.8) is 0 Å². The first-order valence-electron chi connectivity index (χ1n) is 8.55. The highest BCUT2D eigenvalue weighted by Crippen LogP contribution is 2.36. The number of rotatable bonds is 7. The van der Waals surface area contributed by atoms with Crippen molar-refractivity contribution in [3.05, 3.63) is 35.0 Å². The van der Waals surface area contributed by atoms with Gasteiger partial charge in [0.05, 0.1) is 19.8 Å². The first-order valence-corrected chi connectivity index (χ1v) is 8.95. The number of methoxy groups -OCH3 is 1. The van der Waals surface area contributed by atoms with Crippen LogP contribution >= 0.6 is 12.2 Å². The van der Waals surface area contributed by atoms with Crippen molar-refractivity contribution in [2.45, 2.75) is 40.2 Å². The van der Waals surface area contributed by atoms with E-state index in [-0.39, 0.29) is 11.8 Å². The maximum atomic E-state index is 12.3. The van der Waals surface area contributed by atoms with Crippen LogP contribution in [0.4, 0.5) is 0 Å². The summed E-state index contributed by atoms with van der Waals surface area (Å²) in [6, 6.07) is 5.42. The minimum Gasteiger partial charge on any atom is -0.493 e. The summed E-state index contributed by atoms with van der Waals surface area (Å²) in [7, 11) is 1.61. The zero-order chi connectivity index (χ0) is 18.6. The van der Waals surface area contributed by atoms with Crippen molar-refractivity contribution in [1.29, 1.82) is 0 Å². The highest BCUT2D eigenvalue weighted by Gasteiger charge is 2.32. The number of thiocarbonyl (C=S) groups is 1. The third kappa shape index (κ3) is 3.95. The Kier molecular flexibility index (Phi) is 6.42. The Morgan fingerprint density at radius 3 is 2.60 bits per heavy atom. The van der Waals surface area contributed by atoms with E-state index in [0.29, 0.717) is 23.2 Å². The summed E-state index contributed by atoms with van der Waals surface area (Å²) in [5, 5.41) is 3.96. The summed E-state index contributed by atoms with van der Waals surface area (Å²) < 4.78 is 11.0. The summed E-state index contributed by atoms with van der Waals surface area (Å²) in [5.74, 6) is 1.36. The van der Waals surface area contributed by atoms with Crippen LogP contribution in [-0.4, -0.2) is 36.1 Å². The highest BCUT2D eigenvalue weighted by atomic mass is 32.1. The van der Waals surface area contributed by atoms with E-state index in [0.717, 1.165) is 29.8 Å². The number of benzene rings is 1. The number of nitrogens with one attached hydrogen (secondary N) is 1. The summed E-state index contributed by atoms with van der Waals surface area (Å²) in [6.07, 6.45) is 0.950. The monoisotopic (exact) mass is 362 g/mol. The van der Waals surface area contributed by atoms with Gasteiger partial charge in [-0.05, 0) is 57.1 Å². The standard InChI is InChI=1S/C19H26N2O3S/c1-6-10-21-12(3)17(13(4)22)18(20-19(21)25)14-8-9-15(24-7-2)16(11-14)23-5/h8-9,11,18H,6-7,10H2,1-5H3,(H,20,25). The van der Waals surface area contributed by atoms with Crippen LogP contribution in [0.3, 0.4) is 0 Å². The second kappa shape index (κ2) is 8.34. The van der Waals surface area contributed by atoms with Crippen molar-refractivity contribution in [1.82, 2.24) is 10.2 Å². The normalized spacial score (nSPS) is 17.4. The molecular weight excluding hydrogens is 336 g/mol. The molecule has 1 atom stereocenters. The number of carbonyl (C=O) groups is 1. The van der Waals surface area contributed by atoms with Gasteiger partial charge in [0.2, 0.25) is 0 Å². The zero-order valence-corrected chi connectivity index (χ0v) is 16.3. The summed E-state index contributed by atoms with van der Waals surface area (Å²) in [5.41, 5.74) is 2.56. The quantitative estimate of drug-likeness (QED) is 0.748. The minimum absolute atomic E-state index is 0.0338. The molecule has 0 bridgehead atoms. The van der Waals surface area contributed by atoms with Gasteiger partial charge in [-0.25, -0.2) is 0 Å². The van der Waals surface area contributed by atoms with E-state index in [1.54, 1.807) is 14.0 Å². The lowest BCUT2D eigenvalue weighted by Gasteiger charge is -2.37. The van der Waals surface area contributed by atoms with Crippen LogP contribution in [0.2, 0.25) is 0 Å². The van der Waals surface area contributed by atoms with Gasteiger partial charge in [0.25, 0.3) is 0 Å². The minimum atomic E-state index is -0.289. The predicted molar refractivity (Wildman–Crippen MR) is 103 cm³/mol. The fraction of sp³-hybridized carbons (Fsp3) is 0.474. The highest BCUT2D eigenvalue weighted by molar-refractivity contribution is 7.80. The fourth-order valence-electron chi connectivity index (χ4n) is 3.12. The van der Waals surface area contributed by atoms with E-state index in [9.17, 15) is 4.79 Å². The van der Waals surface area contributed by atoms with Crippen LogP contribution in [-0.2, 0) is 4.79 Å². The lowest BCUT2D eigenvalue weighted by Crippen LogP contribution is -2.47. The van der Waals surface area contributed by atoms with Gasteiger partial charge in [-0.3, -0.25) is 4.79 Å². The SMILES string of the molecule is CCCN1C(=S)NC(c2ccc(OCC)c(OC)c2)C(C(C)=O)=C1C. The molecule has 0 fully saturated rings. The van der Waals surface area contributed by atoms with E-state index in [1.165, 1.54) is 0 Å². The smallest absolute Gasteiger partial charge is 0.173 e. The molecule has 0 saturated heterocycles. The largest absolute Gasteiger partial charge is 0.493 e. The molecule has 1 heterocycles. The second-order valence-electron chi connectivity index (χ2n) is 5.93. The second-order valence-corrected chi connectivity index (χ2v) is 6.32. The Bertz CT molecular complexity index is 700.